The highest BCUT2D eigenvalue weighted by molar-refractivity contribution is 5.96. The number of fused-ring (bicyclic) bond motifs is 2. The predicted octanol–water partition coefficient (Wildman–Crippen LogP) is 3.70. The van der Waals surface area contributed by atoms with Gasteiger partial charge in [0.15, 0.2) is 0 Å². The van der Waals surface area contributed by atoms with Crippen LogP contribution in [-0.2, 0) is 4.79 Å². The molecule has 0 radical (unpaired) electrons. The standard InChI is InChI=1S/C20H28N2O2/c1-13-6-5-7-16(10-13)19(24)22(20(2,3)4)21-18(23)17-12-14-8-9-15(17)11-14/h5-7,10,14-15,17H,8-9,11-12H2,1-4H3,(H,21,23). The molecule has 130 valence electrons. The monoisotopic (exact) mass is 328 g/mol. The fourth-order valence-electron chi connectivity index (χ4n) is 4.19. The number of amides is 2. The largest absolute Gasteiger partial charge is 0.273 e. The molecule has 2 aliphatic rings. The molecule has 0 saturated heterocycles. The van der Waals surface area contributed by atoms with Gasteiger partial charge in [-0.2, -0.15) is 0 Å². The maximum atomic E-state index is 13.0. The van der Waals surface area contributed by atoms with Crippen LogP contribution in [0.2, 0.25) is 0 Å². The van der Waals surface area contributed by atoms with E-state index in [1.54, 1.807) is 6.07 Å². The van der Waals surface area contributed by atoms with Crippen LogP contribution in [-0.4, -0.2) is 22.4 Å². The molecule has 0 heterocycles. The number of benzene rings is 1. The van der Waals surface area contributed by atoms with Gasteiger partial charge in [-0.15, -0.1) is 0 Å². The van der Waals surface area contributed by atoms with Gasteiger partial charge >= 0.3 is 0 Å². The Kier molecular flexibility index (Phi) is 4.41. The Balaban J connectivity index is 1.77. The first kappa shape index (κ1) is 17.0. The van der Waals surface area contributed by atoms with Gasteiger partial charge in [0.1, 0.15) is 0 Å². The Bertz CT molecular complexity index is 647. The second-order valence-corrected chi connectivity index (χ2v) is 8.44. The van der Waals surface area contributed by atoms with E-state index in [0.717, 1.165) is 18.4 Å². The molecule has 0 aromatic heterocycles. The van der Waals surface area contributed by atoms with E-state index < -0.39 is 5.54 Å². The third-order valence-electron chi connectivity index (χ3n) is 5.44. The summed E-state index contributed by atoms with van der Waals surface area (Å²) in [6.07, 6.45) is 4.58. The molecule has 1 aromatic rings. The van der Waals surface area contributed by atoms with Crippen LogP contribution in [0, 0.1) is 24.7 Å². The molecule has 0 spiro atoms. The van der Waals surface area contributed by atoms with Crippen molar-refractivity contribution in [3.8, 4) is 0 Å². The maximum Gasteiger partial charge on any atom is 0.272 e. The molecule has 2 saturated carbocycles. The van der Waals surface area contributed by atoms with E-state index in [9.17, 15) is 9.59 Å². The van der Waals surface area contributed by atoms with Crippen molar-refractivity contribution in [2.45, 2.75) is 58.9 Å². The smallest absolute Gasteiger partial charge is 0.272 e. The molecule has 3 unspecified atom stereocenters. The summed E-state index contributed by atoms with van der Waals surface area (Å²) < 4.78 is 0. The summed E-state index contributed by atoms with van der Waals surface area (Å²) in [6, 6.07) is 7.51. The van der Waals surface area contributed by atoms with Gasteiger partial charge in [-0.05, 0) is 70.9 Å². The van der Waals surface area contributed by atoms with Gasteiger partial charge in [0.05, 0.1) is 5.54 Å². The zero-order valence-corrected chi connectivity index (χ0v) is 15.1. The first-order chi connectivity index (χ1) is 11.3. The molecule has 4 nitrogen and oxygen atoms in total. The Labute approximate surface area is 144 Å². The van der Waals surface area contributed by atoms with E-state index in [0.29, 0.717) is 17.4 Å². The zero-order valence-electron chi connectivity index (χ0n) is 15.1. The van der Waals surface area contributed by atoms with Gasteiger partial charge in [-0.25, -0.2) is 5.01 Å². The minimum atomic E-state index is -0.478. The van der Waals surface area contributed by atoms with Crippen molar-refractivity contribution in [2.75, 3.05) is 0 Å². The van der Waals surface area contributed by atoms with Crippen LogP contribution in [0.15, 0.2) is 24.3 Å². The van der Waals surface area contributed by atoms with Crippen LogP contribution in [0.4, 0.5) is 0 Å². The molecule has 4 heteroatoms. The quantitative estimate of drug-likeness (QED) is 0.842. The minimum Gasteiger partial charge on any atom is -0.273 e. The average molecular weight is 328 g/mol. The van der Waals surface area contributed by atoms with E-state index >= 15 is 0 Å². The Morgan fingerprint density at radius 1 is 1.17 bits per heavy atom. The molecular formula is C20H28N2O2. The summed E-state index contributed by atoms with van der Waals surface area (Å²) in [7, 11) is 0. The number of hydrogen-bond acceptors (Lipinski definition) is 2. The first-order valence-corrected chi connectivity index (χ1v) is 8.97. The lowest BCUT2D eigenvalue weighted by Crippen LogP contribution is -2.57. The second kappa shape index (κ2) is 6.23. The van der Waals surface area contributed by atoms with Crippen LogP contribution in [0.1, 0.15) is 62.4 Å². The molecule has 2 amide bonds. The molecule has 0 aliphatic heterocycles. The van der Waals surface area contributed by atoms with Crippen molar-refractivity contribution in [1.82, 2.24) is 10.4 Å². The molecule has 3 rings (SSSR count). The summed E-state index contributed by atoms with van der Waals surface area (Å²) in [6.45, 7) is 7.80. The van der Waals surface area contributed by atoms with Crippen LogP contribution in [0.5, 0.6) is 0 Å². The number of carbonyl (C=O) groups is 2. The molecule has 2 aliphatic carbocycles. The van der Waals surface area contributed by atoms with E-state index in [1.165, 1.54) is 17.9 Å². The van der Waals surface area contributed by atoms with Gasteiger partial charge in [-0.3, -0.25) is 15.0 Å². The zero-order chi connectivity index (χ0) is 17.5. The highest BCUT2D eigenvalue weighted by Gasteiger charge is 2.44. The fourth-order valence-corrected chi connectivity index (χ4v) is 4.19. The van der Waals surface area contributed by atoms with Crippen molar-refractivity contribution in [2.24, 2.45) is 17.8 Å². The lowest BCUT2D eigenvalue weighted by molar-refractivity contribution is -0.132. The van der Waals surface area contributed by atoms with Crippen molar-refractivity contribution in [3.63, 3.8) is 0 Å². The number of hydrogen-bond donors (Lipinski definition) is 1. The third kappa shape index (κ3) is 3.33. The van der Waals surface area contributed by atoms with Gasteiger partial charge in [0.2, 0.25) is 5.91 Å². The van der Waals surface area contributed by atoms with Gasteiger partial charge in [-0.1, -0.05) is 24.1 Å². The van der Waals surface area contributed by atoms with E-state index in [-0.39, 0.29) is 17.7 Å². The molecule has 3 atom stereocenters. The Hall–Kier alpha value is -1.84. The number of hydrazine groups is 1. The predicted molar refractivity (Wildman–Crippen MR) is 94.2 cm³/mol. The van der Waals surface area contributed by atoms with Gasteiger partial charge in [0.25, 0.3) is 5.91 Å². The van der Waals surface area contributed by atoms with Crippen LogP contribution >= 0.6 is 0 Å². The van der Waals surface area contributed by atoms with E-state index in [2.05, 4.69) is 5.43 Å². The van der Waals surface area contributed by atoms with E-state index in [1.807, 2.05) is 45.9 Å². The van der Waals surface area contributed by atoms with Crippen molar-refractivity contribution < 1.29 is 9.59 Å². The van der Waals surface area contributed by atoms with Crippen LogP contribution in [0.25, 0.3) is 0 Å². The van der Waals surface area contributed by atoms with Crippen LogP contribution in [0.3, 0.4) is 0 Å². The first-order valence-electron chi connectivity index (χ1n) is 8.97. The maximum absolute atomic E-state index is 13.0. The van der Waals surface area contributed by atoms with E-state index in [4.69, 9.17) is 0 Å². The molecule has 2 bridgehead atoms. The summed E-state index contributed by atoms with van der Waals surface area (Å²) in [5, 5.41) is 1.51. The molecule has 1 N–H and O–H groups in total. The van der Waals surface area contributed by atoms with Gasteiger partial charge in [0, 0.05) is 11.5 Å². The Morgan fingerprint density at radius 2 is 1.92 bits per heavy atom. The highest BCUT2D eigenvalue weighted by Crippen LogP contribution is 2.48. The summed E-state index contributed by atoms with van der Waals surface area (Å²) in [5.41, 5.74) is 4.11. The minimum absolute atomic E-state index is 0.0122. The number of nitrogens with one attached hydrogen (secondary N) is 1. The number of carbonyl (C=O) groups excluding carboxylic acids is 2. The molecular weight excluding hydrogens is 300 g/mol. The third-order valence-corrected chi connectivity index (χ3v) is 5.44. The lowest BCUT2D eigenvalue weighted by atomic mass is 9.88. The highest BCUT2D eigenvalue weighted by atomic mass is 16.2. The molecule has 2 fully saturated rings. The average Bonchev–Trinajstić information content (AvgIpc) is 3.13. The summed E-state index contributed by atoms with van der Waals surface area (Å²) in [4.78, 5) is 25.8. The fraction of sp³-hybridized carbons (Fsp3) is 0.600. The number of nitrogens with zero attached hydrogens (tertiary/aromatic N) is 1. The number of aryl methyl sites for hydroxylation is 1. The lowest BCUT2D eigenvalue weighted by Gasteiger charge is -2.37. The summed E-state index contributed by atoms with van der Waals surface area (Å²) >= 11 is 0. The second-order valence-electron chi connectivity index (χ2n) is 8.44. The van der Waals surface area contributed by atoms with Crippen molar-refractivity contribution >= 4 is 11.8 Å². The van der Waals surface area contributed by atoms with Crippen LogP contribution < -0.4 is 5.43 Å². The number of rotatable bonds is 2. The SMILES string of the molecule is Cc1cccc(C(=O)N(NC(=O)C2CC3CCC2C3)C(C)(C)C)c1. The van der Waals surface area contributed by atoms with Crippen molar-refractivity contribution in [1.29, 1.82) is 0 Å². The Morgan fingerprint density at radius 3 is 2.46 bits per heavy atom. The molecule has 24 heavy (non-hydrogen) atoms. The summed E-state index contributed by atoms with van der Waals surface area (Å²) in [5.74, 6) is 1.15. The van der Waals surface area contributed by atoms with Gasteiger partial charge < -0.3 is 0 Å². The van der Waals surface area contributed by atoms with Crippen molar-refractivity contribution in [3.05, 3.63) is 35.4 Å². The molecule has 1 aromatic carbocycles. The topological polar surface area (TPSA) is 49.4 Å². The normalized spacial score (nSPS) is 25.6.